The molecule has 2 aromatic carbocycles. The first-order valence-corrected chi connectivity index (χ1v) is 10.1. The lowest BCUT2D eigenvalue weighted by Crippen LogP contribution is -2.20. The van der Waals surface area contributed by atoms with Crippen molar-refractivity contribution in [3.05, 3.63) is 64.1 Å². The van der Waals surface area contributed by atoms with Crippen LogP contribution >= 0.6 is 11.6 Å². The second-order valence-corrected chi connectivity index (χ2v) is 7.76. The molecule has 1 heterocycles. The lowest BCUT2D eigenvalue weighted by molar-refractivity contribution is -0.149. The van der Waals surface area contributed by atoms with Gasteiger partial charge in [0.2, 0.25) is 0 Å². The van der Waals surface area contributed by atoms with Crippen molar-refractivity contribution in [1.82, 2.24) is 4.57 Å². The number of aromatic nitrogens is 1. The van der Waals surface area contributed by atoms with Crippen LogP contribution in [0.1, 0.15) is 54.7 Å². The third-order valence-electron chi connectivity index (χ3n) is 5.29. The Bertz CT molecular complexity index is 1140. The van der Waals surface area contributed by atoms with Crippen LogP contribution in [0.5, 0.6) is 5.75 Å². The number of esters is 1. The average Bonchev–Trinajstić information content (AvgIpc) is 3.01. The zero-order valence-electron chi connectivity index (χ0n) is 17.2. The van der Waals surface area contributed by atoms with Gasteiger partial charge in [0.15, 0.2) is 11.6 Å². The van der Waals surface area contributed by atoms with Crippen LogP contribution in [-0.2, 0) is 9.53 Å². The number of phenols is 1. The summed E-state index contributed by atoms with van der Waals surface area (Å²) in [7, 11) is 0. The van der Waals surface area contributed by atoms with Gasteiger partial charge in [-0.05, 0) is 63.1 Å². The number of rotatable bonds is 5. The minimum absolute atomic E-state index is 0.0245. The van der Waals surface area contributed by atoms with E-state index in [1.54, 1.807) is 39.0 Å². The normalized spacial score (nSPS) is 13.3. The Balaban J connectivity index is 2.23. The van der Waals surface area contributed by atoms with Crippen LogP contribution in [0.4, 0.5) is 4.39 Å². The maximum atomic E-state index is 15.0. The summed E-state index contributed by atoms with van der Waals surface area (Å²) >= 11 is 6.02. The molecule has 5 nitrogen and oxygen atoms in total. The maximum Gasteiger partial charge on any atom is 0.313 e. The largest absolute Gasteiger partial charge is 0.505 e. The van der Waals surface area contributed by atoms with Gasteiger partial charge in [0, 0.05) is 21.7 Å². The van der Waals surface area contributed by atoms with Gasteiger partial charge in [0.1, 0.15) is 0 Å². The molecule has 0 aliphatic heterocycles. The fourth-order valence-electron chi connectivity index (χ4n) is 3.52. The Labute approximate surface area is 179 Å². The lowest BCUT2D eigenvalue weighted by atomic mass is 9.97. The summed E-state index contributed by atoms with van der Waals surface area (Å²) in [6.45, 7) is 6.91. The van der Waals surface area contributed by atoms with E-state index in [1.165, 1.54) is 22.8 Å². The molecule has 3 aromatic rings. The number of carbonyl (C=O) groups is 2. The van der Waals surface area contributed by atoms with Gasteiger partial charge in [0.05, 0.1) is 17.5 Å². The van der Waals surface area contributed by atoms with Gasteiger partial charge in [-0.15, -0.1) is 0 Å². The number of hydrogen-bond donors (Lipinski definition) is 1. The molecule has 0 fully saturated rings. The van der Waals surface area contributed by atoms with E-state index < -0.39 is 29.4 Å². The van der Waals surface area contributed by atoms with Gasteiger partial charge in [-0.3, -0.25) is 14.2 Å². The highest BCUT2D eigenvalue weighted by Crippen LogP contribution is 2.37. The summed E-state index contributed by atoms with van der Waals surface area (Å²) < 4.78 is 21.8. The van der Waals surface area contributed by atoms with Gasteiger partial charge < -0.3 is 9.84 Å². The van der Waals surface area contributed by atoms with Gasteiger partial charge in [-0.1, -0.05) is 24.6 Å². The van der Waals surface area contributed by atoms with E-state index in [9.17, 15) is 19.1 Å². The Kier molecular flexibility index (Phi) is 6.17. The quantitative estimate of drug-likeness (QED) is 0.535. The average molecular weight is 432 g/mol. The molecule has 0 amide bonds. The van der Waals surface area contributed by atoms with Crippen molar-refractivity contribution < 1.29 is 23.8 Å². The number of aromatic hydroxyl groups is 1. The number of ether oxygens (including phenoxy) is 1. The number of benzene rings is 2. The molecule has 0 bridgehead atoms. The number of hydrogen-bond acceptors (Lipinski definition) is 4. The van der Waals surface area contributed by atoms with Crippen molar-refractivity contribution >= 4 is 34.4 Å². The first kappa shape index (κ1) is 21.8. The van der Waals surface area contributed by atoms with Gasteiger partial charge >= 0.3 is 5.97 Å². The van der Waals surface area contributed by atoms with Crippen LogP contribution in [0.2, 0.25) is 5.02 Å². The van der Waals surface area contributed by atoms with Crippen molar-refractivity contribution in [1.29, 1.82) is 0 Å². The molecule has 0 radical (unpaired) electrons. The van der Waals surface area contributed by atoms with Crippen LogP contribution in [-0.4, -0.2) is 27.7 Å². The molecule has 0 aliphatic rings. The third-order valence-corrected chi connectivity index (χ3v) is 5.52. The lowest BCUT2D eigenvalue weighted by Gasteiger charge is -2.16. The SMILES string of the molecule is CCC(C)OC(=O)C(C)c1c(C)n(C(=O)c2cccc(Cl)c2)c2ccc(O)c(F)c12. The Morgan fingerprint density at radius 1 is 1.23 bits per heavy atom. The Hall–Kier alpha value is -2.86. The topological polar surface area (TPSA) is 68.5 Å². The molecule has 1 N–H and O–H groups in total. The number of phenolic OH excluding ortho intramolecular Hbond substituents is 1. The summed E-state index contributed by atoms with van der Waals surface area (Å²) in [4.78, 5) is 25.9. The van der Waals surface area contributed by atoms with Crippen LogP contribution in [0, 0.1) is 12.7 Å². The van der Waals surface area contributed by atoms with Crippen LogP contribution < -0.4 is 0 Å². The first-order chi connectivity index (χ1) is 14.2. The standard InChI is InChI=1S/C23H23ClFNO4/c1-5-12(2)30-23(29)13(3)19-14(4)26(17-9-10-18(27)21(25)20(17)19)22(28)15-7-6-8-16(24)11-15/h6-13,27H,5H2,1-4H3. The van der Waals surface area contributed by atoms with E-state index in [4.69, 9.17) is 16.3 Å². The fourth-order valence-corrected chi connectivity index (χ4v) is 3.71. The molecule has 0 saturated carbocycles. The first-order valence-electron chi connectivity index (χ1n) is 9.70. The summed E-state index contributed by atoms with van der Waals surface area (Å²) in [5.74, 6) is -3.22. The predicted molar refractivity (Wildman–Crippen MR) is 114 cm³/mol. The highest BCUT2D eigenvalue weighted by atomic mass is 35.5. The van der Waals surface area contributed by atoms with E-state index in [1.807, 2.05) is 6.92 Å². The third kappa shape index (κ3) is 3.79. The van der Waals surface area contributed by atoms with Crippen molar-refractivity contribution in [3.8, 4) is 5.75 Å². The van der Waals surface area contributed by atoms with Crippen molar-refractivity contribution in [2.24, 2.45) is 0 Å². The summed E-state index contributed by atoms with van der Waals surface area (Å²) in [5, 5.41) is 10.4. The van der Waals surface area contributed by atoms with Crippen molar-refractivity contribution in [3.63, 3.8) is 0 Å². The molecule has 0 saturated heterocycles. The molecule has 158 valence electrons. The molecule has 0 aliphatic carbocycles. The summed E-state index contributed by atoms with van der Waals surface area (Å²) in [6, 6.07) is 9.07. The van der Waals surface area contributed by atoms with Gasteiger partial charge in [0.25, 0.3) is 5.91 Å². The molecule has 30 heavy (non-hydrogen) atoms. The highest BCUT2D eigenvalue weighted by molar-refractivity contribution is 6.31. The zero-order chi connectivity index (χ0) is 22.2. The second-order valence-electron chi connectivity index (χ2n) is 7.32. The molecule has 0 spiro atoms. The Morgan fingerprint density at radius 3 is 2.57 bits per heavy atom. The van der Waals surface area contributed by atoms with Crippen LogP contribution in [0.3, 0.4) is 0 Å². The minimum atomic E-state index is -0.883. The number of carbonyl (C=O) groups excluding carboxylic acids is 2. The van der Waals surface area contributed by atoms with E-state index in [2.05, 4.69) is 0 Å². The molecule has 7 heteroatoms. The van der Waals surface area contributed by atoms with E-state index >= 15 is 0 Å². The molecule has 3 rings (SSSR count). The molecular weight excluding hydrogens is 409 g/mol. The maximum absolute atomic E-state index is 15.0. The van der Waals surface area contributed by atoms with Crippen molar-refractivity contribution in [2.75, 3.05) is 0 Å². The molecule has 2 atom stereocenters. The molecule has 2 unspecified atom stereocenters. The molecule has 1 aromatic heterocycles. The van der Waals surface area contributed by atoms with Gasteiger partial charge in [-0.2, -0.15) is 0 Å². The van der Waals surface area contributed by atoms with E-state index in [0.717, 1.165) is 0 Å². The summed E-state index contributed by atoms with van der Waals surface area (Å²) in [6.07, 6.45) is 0.349. The highest BCUT2D eigenvalue weighted by Gasteiger charge is 2.30. The predicted octanol–water partition coefficient (Wildman–Crippen LogP) is 5.58. The smallest absolute Gasteiger partial charge is 0.313 e. The minimum Gasteiger partial charge on any atom is -0.505 e. The van der Waals surface area contributed by atoms with Crippen molar-refractivity contribution in [2.45, 2.75) is 46.1 Å². The Morgan fingerprint density at radius 2 is 1.93 bits per heavy atom. The summed E-state index contributed by atoms with van der Waals surface area (Å²) in [5.41, 5.74) is 1.28. The fraction of sp³-hybridized carbons (Fsp3) is 0.304. The van der Waals surface area contributed by atoms with E-state index in [-0.39, 0.29) is 17.0 Å². The van der Waals surface area contributed by atoms with Crippen LogP contribution in [0.15, 0.2) is 36.4 Å². The zero-order valence-corrected chi connectivity index (χ0v) is 18.0. The molecular formula is C23H23ClFNO4. The second kappa shape index (κ2) is 8.48. The van der Waals surface area contributed by atoms with Gasteiger partial charge in [-0.25, -0.2) is 4.39 Å². The van der Waals surface area contributed by atoms with Crippen LogP contribution in [0.25, 0.3) is 10.9 Å². The number of nitrogens with zero attached hydrogens (tertiary/aromatic N) is 1. The number of fused-ring (bicyclic) bond motifs is 1. The monoisotopic (exact) mass is 431 g/mol. The number of halogens is 2. The van der Waals surface area contributed by atoms with E-state index in [0.29, 0.717) is 28.3 Å².